The molecule has 176 valence electrons. The Hall–Kier alpha value is -3.59. The van der Waals surface area contributed by atoms with Crippen LogP contribution in [0.4, 0.5) is 9.18 Å². The van der Waals surface area contributed by atoms with Crippen LogP contribution in [-0.4, -0.2) is 55.0 Å². The molecule has 0 aromatic heterocycles. The number of likely N-dealkylation sites (tertiary alicyclic amines) is 1. The SMILES string of the molecule is COc1ccc(F)c(CN2CCC(N(C)C(=O)N/C=C(\N)c3cccc(C(N)=O)c3)CC2)c1. The standard InChI is InChI=1S/C24H30FN5O3/c1-29(24(32)28-14-22(26)16-4-3-5-17(12-16)23(27)31)19-8-10-30(11-9-19)15-18-13-20(33-2)6-7-21(18)25/h3-7,12-14,19H,8-11,15,26H2,1-2H3,(H2,27,31)(H,28,32)/b22-14-. The fourth-order valence-electron chi connectivity index (χ4n) is 3.85. The third-order valence-electron chi connectivity index (χ3n) is 5.90. The third-order valence-corrected chi connectivity index (χ3v) is 5.90. The van der Waals surface area contributed by atoms with Gasteiger partial charge in [0.15, 0.2) is 0 Å². The number of nitrogens with zero attached hydrogens (tertiary/aromatic N) is 2. The zero-order valence-corrected chi connectivity index (χ0v) is 18.9. The van der Waals surface area contributed by atoms with E-state index in [9.17, 15) is 14.0 Å². The largest absolute Gasteiger partial charge is 0.497 e. The smallest absolute Gasteiger partial charge is 0.321 e. The molecular formula is C24H30FN5O3. The summed E-state index contributed by atoms with van der Waals surface area (Å²) in [6.07, 6.45) is 2.96. The van der Waals surface area contributed by atoms with Gasteiger partial charge in [0.25, 0.3) is 0 Å². The van der Waals surface area contributed by atoms with Crippen molar-refractivity contribution in [3.8, 4) is 5.75 Å². The van der Waals surface area contributed by atoms with Crippen LogP contribution in [0.3, 0.4) is 0 Å². The Bertz CT molecular complexity index is 1030. The molecule has 8 nitrogen and oxygen atoms in total. The Morgan fingerprint density at radius 1 is 1.18 bits per heavy atom. The quantitative estimate of drug-likeness (QED) is 0.594. The molecule has 0 unspecified atom stereocenters. The zero-order chi connectivity index (χ0) is 24.0. The van der Waals surface area contributed by atoms with Crippen molar-refractivity contribution < 1.29 is 18.7 Å². The monoisotopic (exact) mass is 455 g/mol. The summed E-state index contributed by atoms with van der Waals surface area (Å²) in [5, 5.41) is 2.70. The fraction of sp³-hybridized carbons (Fsp3) is 0.333. The predicted octanol–water partition coefficient (Wildman–Crippen LogP) is 2.50. The molecule has 1 saturated heterocycles. The Labute approximate surface area is 193 Å². The van der Waals surface area contributed by atoms with Crippen molar-refractivity contribution in [3.05, 3.63) is 71.2 Å². The number of urea groups is 1. The van der Waals surface area contributed by atoms with Crippen LogP contribution in [0.5, 0.6) is 5.75 Å². The number of nitrogens with one attached hydrogen (secondary N) is 1. The molecule has 2 aromatic rings. The number of primary amides is 1. The maximum absolute atomic E-state index is 14.1. The maximum Gasteiger partial charge on any atom is 0.321 e. The summed E-state index contributed by atoms with van der Waals surface area (Å²) in [6.45, 7) is 1.99. The lowest BCUT2D eigenvalue weighted by atomic mass is 10.0. The molecule has 0 saturated carbocycles. The summed E-state index contributed by atoms with van der Waals surface area (Å²) >= 11 is 0. The molecule has 0 radical (unpaired) electrons. The van der Waals surface area contributed by atoms with Crippen molar-refractivity contribution in [3.63, 3.8) is 0 Å². The van der Waals surface area contributed by atoms with Crippen molar-refractivity contribution >= 4 is 17.6 Å². The number of carbonyl (C=O) groups is 2. The minimum Gasteiger partial charge on any atom is -0.497 e. The second kappa shape index (κ2) is 10.8. The Morgan fingerprint density at radius 2 is 1.88 bits per heavy atom. The second-order valence-electron chi connectivity index (χ2n) is 8.07. The van der Waals surface area contributed by atoms with E-state index >= 15 is 0 Å². The summed E-state index contributed by atoms with van der Waals surface area (Å²) in [7, 11) is 3.31. The number of halogens is 1. The van der Waals surface area contributed by atoms with Crippen LogP contribution in [0, 0.1) is 5.82 Å². The average Bonchev–Trinajstić information content (AvgIpc) is 2.83. The Kier molecular flexibility index (Phi) is 7.89. The van der Waals surface area contributed by atoms with Crippen LogP contribution in [0.1, 0.15) is 34.3 Å². The van der Waals surface area contributed by atoms with Crippen molar-refractivity contribution in [2.24, 2.45) is 11.5 Å². The van der Waals surface area contributed by atoms with Crippen LogP contribution >= 0.6 is 0 Å². The van der Waals surface area contributed by atoms with Crippen molar-refractivity contribution in [2.75, 3.05) is 27.2 Å². The fourth-order valence-corrected chi connectivity index (χ4v) is 3.85. The molecule has 0 spiro atoms. The molecule has 1 heterocycles. The van der Waals surface area contributed by atoms with Gasteiger partial charge < -0.3 is 26.4 Å². The van der Waals surface area contributed by atoms with Gasteiger partial charge in [-0.15, -0.1) is 0 Å². The molecule has 5 N–H and O–H groups in total. The number of hydrogen-bond acceptors (Lipinski definition) is 5. The average molecular weight is 456 g/mol. The first-order chi connectivity index (χ1) is 15.8. The molecule has 0 aliphatic carbocycles. The van der Waals surface area contributed by atoms with Gasteiger partial charge in [0, 0.05) is 50.1 Å². The van der Waals surface area contributed by atoms with E-state index in [1.165, 1.54) is 12.3 Å². The van der Waals surface area contributed by atoms with E-state index in [0.29, 0.717) is 34.7 Å². The number of ether oxygens (including phenoxy) is 1. The summed E-state index contributed by atoms with van der Waals surface area (Å²) < 4.78 is 19.3. The molecule has 1 aliphatic heterocycles. The van der Waals surface area contributed by atoms with Crippen LogP contribution < -0.4 is 21.5 Å². The lowest BCUT2D eigenvalue weighted by Gasteiger charge is -2.36. The number of piperidine rings is 1. The lowest BCUT2D eigenvalue weighted by molar-refractivity contribution is 0.1000. The number of rotatable bonds is 7. The van der Waals surface area contributed by atoms with Gasteiger partial charge >= 0.3 is 6.03 Å². The van der Waals surface area contributed by atoms with Gasteiger partial charge in [0.2, 0.25) is 5.91 Å². The topological polar surface area (TPSA) is 114 Å². The van der Waals surface area contributed by atoms with Crippen LogP contribution in [-0.2, 0) is 6.54 Å². The number of hydrogen-bond donors (Lipinski definition) is 3. The molecule has 2 aromatic carbocycles. The molecule has 1 aliphatic rings. The summed E-state index contributed by atoms with van der Waals surface area (Å²) in [6, 6.07) is 11.1. The number of carbonyl (C=O) groups excluding carboxylic acids is 2. The van der Waals surface area contributed by atoms with Gasteiger partial charge in [-0.05, 0) is 48.7 Å². The van der Waals surface area contributed by atoms with E-state index in [-0.39, 0.29) is 17.9 Å². The Balaban J connectivity index is 1.52. The molecule has 1 fully saturated rings. The summed E-state index contributed by atoms with van der Waals surface area (Å²) in [4.78, 5) is 27.8. The highest BCUT2D eigenvalue weighted by molar-refractivity contribution is 5.93. The Morgan fingerprint density at radius 3 is 2.55 bits per heavy atom. The van der Waals surface area contributed by atoms with Gasteiger partial charge in [-0.3, -0.25) is 9.69 Å². The van der Waals surface area contributed by atoms with Crippen molar-refractivity contribution in [1.29, 1.82) is 0 Å². The van der Waals surface area contributed by atoms with Gasteiger partial charge in [-0.2, -0.15) is 0 Å². The molecule has 3 amide bonds. The van der Waals surface area contributed by atoms with Crippen molar-refractivity contribution in [1.82, 2.24) is 15.1 Å². The minimum atomic E-state index is -0.547. The number of benzene rings is 2. The second-order valence-corrected chi connectivity index (χ2v) is 8.07. The van der Waals surface area contributed by atoms with Gasteiger partial charge in [0.1, 0.15) is 11.6 Å². The van der Waals surface area contributed by atoms with E-state index in [0.717, 1.165) is 25.9 Å². The van der Waals surface area contributed by atoms with Crippen molar-refractivity contribution in [2.45, 2.75) is 25.4 Å². The van der Waals surface area contributed by atoms with Crippen LogP contribution in [0.25, 0.3) is 5.70 Å². The van der Waals surface area contributed by atoms with E-state index in [1.807, 2.05) is 0 Å². The molecule has 3 rings (SSSR count). The van der Waals surface area contributed by atoms with Gasteiger partial charge in [-0.1, -0.05) is 12.1 Å². The highest BCUT2D eigenvalue weighted by Crippen LogP contribution is 2.22. The molecular weight excluding hydrogens is 425 g/mol. The van der Waals surface area contributed by atoms with Gasteiger partial charge in [0.05, 0.1) is 12.8 Å². The van der Waals surface area contributed by atoms with E-state index in [1.54, 1.807) is 55.5 Å². The summed E-state index contributed by atoms with van der Waals surface area (Å²) in [5.41, 5.74) is 13.2. The zero-order valence-electron chi connectivity index (χ0n) is 18.9. The van der Waals surface area contributed by atoms with Crippen LogP contribution in [0.2, 0.25) is 0 Å². The molecule has 0 bridgehead atoms. The molecule has 33 heavy (non-hydrogen) atoms. The lowest BCUT2D eigenvalue weighted by Crippen LogP contribution is -2.47. The first-order valence-corrected chi connectivity index (χ1v) is 10.7. The predicted molar refractivity (Wildman–Crippen MR) is 125 cm³/mol. The van der Waals surface area contributed by atoms with E-state index in [2.05, 4.69) is 10.2 Å². The number of methoxy groups -OCH3 is 1. The highest BCUT2D eigenvalue weighted by atomic mass is 19.1. The minimum absolute atomic E-state index is 0.0595. The first-order valence-electron chi connectivity index (χ1n) is 10.7. The highest BCUT2D eigenvalue weighted by Gasteiger charge is 2.25. The molecule has 9 heteroatoms. The summed E-state index contributed by atoms with van der Waals surface area (Å²) in [5.74, 6) is -0.166. The van der Waals surface area contributed by atoms with E-state index < -0.39 is 5.91 Å². The third kappa shape index (κ3) is 6.23. The van der Waals surface area contributed by atoms with Gasteiger partial charge in [-0.25, -0.2) is 9.18 Å². The molecule has 0 atom stereocenters. The normalized spacial score (nSPS) is 15.2. The number of amides is 3. The van der Waals surface area contributed by atoms with E-state index in [4.69, 9.17) is 16.2 Å². The van der Waals surface area contributed by atoms with Crippen LogP contribution in [0.15, 0.2) is 48.7 Å². The first kappa shape index (κ1) is 24.1. The number of nitrogens with two attached hydrogens (primary N) is 2. The maximum atomic E-state index is 14.1.